The molecule has 26 heavy (non-hydrogen) atoms. The minimum absolute atomic E-state index is 0.177. The van der Waals surface area contributed by atoms with Gasteiger partial charge in [-0.25, -0.2) is 4.79 Å². The quantitative estimate of drug-likeness (QED) is 0.327. The molecule has 0 amide bonds. The fraction of sp³-hybridized carbons (Fsp3) is 0.0952. The van der Waals surface area contributed by atoms with Crippen molar-refractivity contribution < 1.29 is 14.3 Å². The normalized spacial score (nSPS) is 10.4. The molecule has 5 heteroatoms. The Bertz CT molecular complexity index is 924. The van der Waals surface area contributed by atoms with Crippen molar-refractivity contribution in [1.82, 2.24) is 0 Å². The minimum atomic E-state index is -0.464. The maximum atomic E-state index is 12.0. The Morgan fingerprint density at radius 1 is 0.846 bits per heavy atom. The molecule has 3 aromatic rings. The van der Waals surface area contributed by atoms with E-state index in [0.29, 0.717) is 11.5 Å². The second-order valence-electron chi connectivity index (χ2n) is 5.71. The molecule has 0 fully saturated rings. The van der Waals surface area contributed by atoms with Gasteiger partial charge in [-0.15, -0.1) is 0 Å². The summed E-state index contributed by atoms with van der Waals surface area (Å²) in [6.07, 6.45) is 0. The summed E-state index contributed by atoms with van der Waals surface area (Å²) in [6, 6.07) is 21.3. The highest BCUT2D eigenvalue weighted by molar-refractivity contribution is 9.10. The number of esters is 1. The van der Waals surface area contributed by atoms with Crippen LogP contribution in [0.3, 0.4) is 0 Å². The van der Waals surface area contributed by atoms with Crippen molar-refractivity contribution >= 4 is 37.8 Å². The Morgan fingerprint density at radius 3 is 2.23 bits per heavy atom. The van der Waals surface area contributed by atoms with Crippen molar-refractivity contribution in [3.05, 3.63) is 81.2 Å². The number of carbonyl (C=O) groups excluding carboxylic acids is 1. The second-order valence-corrected chi connectivity index (χ2v) is 7.42. The van der Waals surface area contributed by atoms with Crippen molar-refractivity contribution in [2.24, 2.45) is 0 Å². The Labute approximate surface area is 169 Å². The van der Waals surface area contributed by atoms with Crippen molar-refractivity contribution in [2.75, 3.05) is 6.61 Å². The fourth-order valence-electron chi connectivity index (χ4n) is 2.41. The number of aryl methyl sites for hydroxylation is 1. The van der Waals surface area contributed by atoms with Gasteiger partial charge in [-0.3, -0.25) is 0 Å². The lowest BCUT2D eigenvalue weighted by Crippen LogP contribution is -2.18. The van der Waals surface area contributed by atoms with E-state index in [2.05, 4.69) is 31.9 Å². The van der Waals surface area contributed by atoms with Crippen LogP contribution in [0.1, 0.15) is 5.56 Å². The molecule has 0 unspecified atom stereocenters. The Hall–Kier alpha value is -2.11. The monoisotopic (exact) mass is 474 g/mol. The average molecular weight is 476 g/mol. The van der Waals surface area contributed by atoms with Crippen LogP contribution in [0.4, 0.5) is 0 Å². The predicted octanol–water partition coefficient (Wildman–Crippen LogP) is 6.17. The molecule has 0 aliphatic carbocycles. The lowest BCUT2D eigenvalue weighted by Gasteiger charge is -2.11. The van der Waals surface area contributed by atoms with Crippen LogP contribution < -0.4 is 9.47 Å². The van der Waals surface area contributed by atoms with Crippen LogP contribution in [0.5, 0.6) is 11.5 Å². The van der Waals surface area contributed by atoms with Gasteiger partial charge in [0.2, 0.25) is 0 Å². The molecule has 0 heterocycles. The van der Waals surface area contributed by atoms with Gasteiger partial charge in [0.1, 0.15) is 11.5 Å². The summed E-state index contributed by atoms with van der Waals surface area (Å²) in [5.74, 6) is 0.598. The third-order valence-corrected chi connectivity index (χ3v) is 4.94. The molecule has 0 saturated heterocycles. The van der Waals surface area contributed by atoms with Crippen LogP contribution >= 0.6 is 31.9 Å². The Morgan fingerprint density at radius 2 is 1.54 bits per heavy atom. The van der Waals surface area contributed by atoms with Crippen LogP contribution in [0.15, 0.2) is 75.7 Å². The van der Waals surface area contributed by atoms with Crippen LogP contribution in [0.2, 0.25) is 0 Å². The second kappa shape index (κ2) is 8.52. The molecule has 132 valence electrons. The van der Waals surface area contributed by atoms with Gasteiger partial charge in [-0.2, -0.15) is 0 Å². The van der Waals surface area contributed by atoms with Crippen LogP contribution in [0.25, 0.3) is 11.1 Å². The summed E-state index contributed by atoms with van der Waals surface area (Å²) in [7, 11) is 0. The zero-order chi connectivity index (χ0) is 18.5. The van der Waals surface area contributed by atoms with E-state index in [1.165, 1.54) is 0 Å². The first kappa shape index (κ1) is 18.7. The molecule has 0 radical (unpaired) electrons. The van der Waals surface area contributed by atoms with E-state index in [9.17, 15) is 4.79 Å². The van der Waals surface area contributed by atoms with Gasteiger partial charge in [0.15, 0.2) is 6.61 Å². The summed E-state index contributed by atoms with van der Waals surface area (Å²) in [5.41, 5.74) is 3.26. The number of halogens is 2. The maximum absolute atomic E-state index is 12.0. The van der Waals surface area contributed by atoms with Crippen molar-refractivity contribution in [3.8, 4) is 22.6 Å². The summed E-state index contributed by atoms with van der Waals surface area (Å²) in [6.45, 7) is 1.79. The molecule has 0 N–H and O–H groups in total. The zero-order valence-electron chi connectivity index (χ0n) is 14.0. The van der Waals surface area contributed by atoms with Gasteiger partial charge in [0, 0.05) is 0 Å². The summed E-state index contributed by atoms with van der Waals surface area (Å²) >= 11 is 6.88. The number of ether oxygens (including phenoxy) is 2. The van der Waals surface area contributed by atoms with Crippen molar-refractivity contribution in [3.63, 3.8) is 0 Å². The molecule has 0 aliphatic rings. The highest BCUT2D eigenvalue weighted by Gasteiger charge is 2.11. The lowest BCUT2D eigenvalue weighted by molar-refractivity contribution is -0.136. The van der Waals surface area contributed by atoms with E-state index >= 15 is 0 Å². The highest BCUT2D eigenvalue weighted by atomic mass is 79.9. The zero-order valence-corrected chi connectivity index (χ0v) is 17.2. The van der Waals surface area contributed by atoms with E-state index in [1.54, 1.807) is 6.07 Å². The Kier molecular flexibility index (Phi) is 6.12. The largest absolute Gasteiger partial charge is 0.481 e. The molecule has 3 rings (SSSR count). The average Bonchev–Trinajstić information content (AvgIpc) is 2.64. The summed E-state index contributed by atoms with van der Waals surface area (Å²) < 4.78 is 12.4. The third kappa shape index (κ3) is 4.74. The first-order valence-electron chi connectivity index (χ1n) is 7.97. The third-order valence-electron chi connectivity index (χ3n) is 3.70. The molecule has 0 saturated carbocycles. The van der Waals surface area contributed by atoms with Gasteiger partial charge < -0.3 is 9.47 Å². The predicted molar refractivity (Wildman–Crippen MR) is 110 cm³/mol. The van der Waals surface area contributed by atoms with Crippen LogP contribution in [0, 0.1) is 6.92 Å². The standard InChI is InChI=1S/C21H16Br2O3/c1-14-7-9-20(17(22)11-14)26-21(24)13-25-19-10-8-16(12-18(19)23)15-5-3-2-4-6-15/h2-12H,13H2,1H3. The van der Waals surface area contributed by atoms with E-state index in [4.69, 9.17) is 9.47 Å². The molecule has 0 aromatic heterocycles. The van der Waals surface area contributed by atoms with Gasteiger partial charge in [-0.05, 0) is 79.7 Å². The van der Waals surface area contributed by atoms with Crippen LogP contribution in [-0.4, -0.2) is 12.6 Å². The van der Waals surface area contributed by atoms with Crippen molar-refractivity contribution in [1.29, 1.82) is 0 Å². The summed E-state index contributed by atoms with van der Waals surface area (Å²) in [4.78, 5) is 12.0. The number of hydrogen-bond acceptors (Lipinski definition) is 3. The molecular weight excluding hydrogens is 460 g/mol. The van der Waals surface area contributed by atoms with Gasteiger partial charge in [-0.1, -0.05) is 42.5 Å². The van der Waals surface area contributed by atoms with Gasteiger partial charge >= 0.3 is 5.97 Å². The number of carbonyl (C=O) groups is 1. The first-order chi connectivity index (χ1) is 12.5. The molecule has 3 nitrogen and oxygen atoms in total. The van der Waals surface area contributed by atoms with Crippen LogP contribution in [-0.2, 0) is 4.79 Å². The SMILES string of the molecule is Cc1ccc(OC(=O)COc2ccc(-c3ccccc3)cc2Br)c(Br)c1. The molecule has 0 spiro atoms. The maximum Gasteiger partial charge on any atom is 0.349 e. The molecule has 0 bridgehead atoms. The molecule has 3 aromatic carbocycles. The lowest BCUT2D eigenvalue weighted by atomic mass is 10.1. The molecule has 0 aliphatic heterocycles. The van der Waals surface area contributed by atoms with E-state index in [-0.39, 0.29) is 6.61 Å². The van der Waals surface area contributed by atoms with Gasteiger partial charge in [0.05, 0.1) is 8.95 Å². The first-order valence-corrected chi connectivity index (χ1v) is 9.56. The summed E-state index contributed by atoms with van der Waals surface area (Å²) in [5, 5.41) is 0. The van der Waals surface area contributed by atoms with Crippen molar-refractivity contribution in [2.45, 2.75) is 6.92 Å². The topological polar surface area (TPSA) is 35.5 Å². The number of rotatable bonds is 5. The van der Waals surface area contributed by atoms with E-state index in [1.807, 2.05) is 67.6 Å². The highest BCUT2D eigenvalue weighted by Crippen LogP contribution is 2.31. The van der Waals surface area contributed by atoms with E-state index in [0.717, 1.165) is 25.6 Å². The number of benzene rings is 3. The molecular formula is C21H16Br2O3. The fourth-order valence-corrected chi connectivity index (χ4v) is 3.47. The van der Waals surface area contributed by atoms with E-state index < -0.39 is 5.97 Å². The molecule has 0 atom stereocenters. The minimum Gasteiger partial charge on any atom is -0.481 e. The van der Waals surface area contributed by atoms with Gasteiger partial charge in [0.25, 0.3) is 0 Å². The Balaban J connectivity index is 1.63. The number of hydrogen-bond donors (Lipinski definition) is 0. The smallest absolute Gasteiger partial charge is 0.349 e.